The van der Waals surface area contributed by atoms with Gasteiger partial charge in [-0.05, 0) is 42.7 Å². The molecule has 1 aliphatic heterocycles. The molecular formula is C21H22N4O2S2. The maximum atomic E-state index is 12.3. The van der Waals surface area contributed by atoms with Gasteiger partial charge in [0.15, 0.2) is 4.34 Å². The van der Waals surface area contributed by atoms with Crippen molar-refractivity contribution in [3.8, 4) is 0 Å². The van der Waals surface area contributed by atoms with Crippen LogP contribution < -0.4 is 10.6 Å². The number of aromatic nitrogens is 2. The molecule has 1 atom stereocenters. The quantitative estimate of drug-likeness (QED) is 0.510. The first-order valence-corrected chi connectivity index (χ1v) is 11.3. The van der Waals surface area contributed by atoms with Gasteiger partial charge >= 0.3 is 0 Å². The third-order valence-corrected chi connectivity index (χ3v) is 6.61. The minimum absolute atomic E-state index is 0.110. The molecular weight excluding hydrogens is 404 g/mol. The number of anilines is 2. The highest BCUT2D eigenvalue weighted by atomic mass is 32.2. The predicted octanol–water partition coefficient (Wildman–Crippen LogP) is 4.67. The Kier molecular flexibility index (Phi) is 6.76. The second kappa shape index (κ2) is 9.87. The number of carbonyl (C=O) groups is 1. The largest absolute Gasteiger partial charge is 0.376 e. The minimum atomic E-state index is -0.110. The number of hydrogen-bond acceptors (Lipinski definition) is 7. The molecule has 8 heteroatoms. The minimum Gasteiger partial charge on any atom is -0.376 e. The molecule has 1 amide bonds. The summed E-state index contributed by atoms with van der Waals surface area (Å²) in [4.78, 5) is 12.3. The number of rotatable bonds is 8. The predicted molar refractivity (Wildman–Crippen MR) is 118 cm³/mol. The number of nitrogens with zero attached hydrogens (tertiary/aromatic N) is 2. The van der Waals surface area contributed by atoms with Gasteiger partial charge in [-0.2, -0.15) is 0 Å². The molecule has 2 N–H and O–H groups in total. The maximum absolute atomic E-state index is 12.3. The monoisotopic (exact) mass is 426 g/mol. The van der Waals surface area contributed by atoms with E-state index in [1.165, 1.54) is 0 Å². The van der Waals surface area contributed by atoms with Gasteiger partial charge in [0.1, 0.15) is 0 Å². The molecule has 0 radical (unpaired) electrons. The zero-order valence-corrected chi connectivity index (χ0v) is 17.5. The number of para-hydroxylation sites is 1. The van der Waals surface area contributed by atoms with Gasteiger partial charge in [0, 0.05) is 30.2 Å². The number of benzene rings is 2. The van der Waals surface area contributed by atoms with Gasteiger partial charge in [-0.15, -0.1) is 10.2 Å². The Bertz CT molecular complexity index is 925. The molecule has 0 aliphatic carbocycles. The fourth-order valence-corrected chi connectivity index (χ4v) is 4.68. The van der Waals surface area contributed by atoms with Gasteiger partial charge in [0.25, 0.3) is 5.91 Å². The van der Waals surface area contributed by atoms with Crippen LogP contribution in [0.25, 0.3) is 0 Å². The van der Waals surface area contributed by atoms with E-state index >= 15 is 0 Å². The highest BCUT2D eigenvalue weighted by Gasteiger charge is 2.16. The van der Waals surface area contributed by atoms with E-state index in [1.54, 1.807) is 23.1 Å². The summed E-state index contributed by atoms with van der Waals surface area (Å²) in [5.74, 6) is 0.669. The Morgan fingerprint density at radius 1 is 1.14 bits per heavy atom. The Hall–Kier alpha value is -2.42. The lowest BCUT2D eigenvalue weighted by molar-refractivity contribution is 0.102. The molecule has 3 aromatic rings. The summed E-state index contributed by atoms with van der Waals surface area (Å²) in [6.07, 6.45) is 2.52. The van der Waals surface area contributed by atoms with Crippen LogP contribution >= 0.6 is 23.1 Å². The van der Waals surface area contributed by atoms with Gasteiger partial charge in [0.2, 0.25) is 5.13 Å². The van der Waals surface area contributed by atoms with Crippen molar-refractivity contribution in [2.45, 2.75) is 29.0 Å². The standard InChI is InChI=1S/C21H22N4O2S2/c26-19(23-17-5-2-1-3-6-17)16-10-8-15(9-11-16)14-28-21-25-24-20(29-21)22-13-18-7-4-12-27-18/h1-3,5-6,8-11,18H,4,7,12-14H2,(H,22,24)(H,23,26)/t18-/m0/s1. The van der Waals surface area contributed by atoms with Crippen molar-refractivity contribution in [3.63, 3.8) is 0 Å². The van der Waals surface area contributed by atoms with Crippen LogP contribution in [-0.2, 0) is 10.5 Å². The Morgan fingerprint density at radius 2 is 1.97 bits per heavy atom. The zero-order valence-electron chi connectivity index (χ0n) is 15.8. The van der Waals surface area contributed by atoms with E-state index in [1.807, 2.05) is 54.6 Å². The van der Waals surface area contributed by atoms with Crippen LogP contribution in [0.3, 0.4) is 0 Å². The topological polar surface area (TPSA) is 76.1 Å². The van der Waals surface area contributed by atoms with Crippen molar-refractivity contribution in [1.29, 1.82) is 0 Å². The second-order valence-corrected chi connectivity index (χ2v) is 8.89. The maximum Gasteiger partial charge on any atom is 0.255 e. The van der Waals surface area contributed by atoms with Gasteiger partial charge in [-0.25, -0.2) is 0 Å². The summed E-state index contributed by atoms with van der Waals surface area (Å²) in [7, 11) is 0. The summed E-state index contributed by atoms with van der Waals surface area (Å²) < 4.78 is 6.53. The Balaban J connectivity index is 1.25. The zero-order chi connectivity index (χ0) is 19.9. The summed E-state index contributed by atoms with van der Waals surface area (Å²) in [5, 5.41) is 15.5. The molecule has 0 unspecified atom stereocenters. The molecule has 1 aliphatic rings. The van der Waals surface area contributed by atoms with Crippen molar-refractivity contribution in [3.05, 3.63) is 65.7 Å². The van der Waals surface area contributed by atoms with E-state index in [4.69, 9.17) is 4.74 Å². The molecule has 2 aromatic carbocycles. The number of ether oxygens (including phenoxy) is 1. The van der Waals surface area contributed by atoms with Crippen molar-refractivity contribution < 1.29 is 9.53 Å². The van der Waals surface area contributed by atoms with Crippen molar-refractivity contribution in [2.24, 2.45) is 0 Å². The fourth-order valence-electron chi connectivity index (χ4n) is 2.97. The molecule has 0 spiro atoms. The lowest BCUT2D eigenvalue weighted by Crippen LogP contribution is -2.18. The second-order valence-electron chi connectivity index (χ2n) is 6.69. The number of amides is 1. The number of thioether (sulfide) groups is 1. The van der Waals surface area contributed by atoms with Crippen LogP contribution in [0.5, 0.6) is 0 Å². The normalized spacial score (nSPS) is 15.9. The molecule has 150 valence electrons. The average Bonchev–Trinajstić information content (AvgIpc) is 3.44. The van der Waals surface area contributed by atoms with E-state index in [-0.39, 0.29) is 12.0 Å². The Morgan fingerprint density at radius 3 is 2.72 bits per heavy atom. The molecule has 0 saturated carbocycles. The fraction of sp³-hybridized carbons (Fsp3) is 0.286. The van der Waals surface area contributed by atoms with Gasteiger partial charge < -0.3 is 15.4 Å². The first kappa shape index (κ1) is 19.9. The number of hydrogen-bond donors (Lipinski definition) is 2. The molecule has 2 heterocycles. The van der Waals surface area contributed by atoms with Gasteiger partial charge in [0.05, 0.1) is 6.10 Å². The smallest absolute Gasteiger partial charge is 0.255 e. The first-order chi connectivity index (χ1) is 14.3. The summed E-state index contributed by atoms with van der Waals surface area (Å²) in [5.41, 5.74) is 2.56. The van der Waals surface area contributed by atoms with E-state index in [0.717, 1.165) is 52.5 Å². The molecule has 29 heavy (non-hydrogen) atoms. The number of carbonyl (C=O) groups excluding carboxylic acids is 1. The van der Waals surface area contributed by atoms with Crippen LogP contribution in [0.1, 0.15) is 28.8 Å². The lowest BCUT2D eigenvalue weighted by atomic mass is 10.1. The average molecular weight is 427 g/mol. The molecule has 6 nitrogen and oxygen atoms in total. The van der Waals surface area contributed by atoms with Crippen LogP contribution in [0.2, 0.25) is 0 Å². The van der Waals surface area contributed by atoms with Crippen LogP contribution in [0.15, 0.2) is 58.9 Å². The lowest BCUT2D eigenvalue weighted by Gasteiger charge is -2.08. The third-order valence-electron chi connectivity index (χ3n) is 4.52. The van der Waals surface area contributed by atoms with E-state index < -0.39 is 0 Å². The molecule has 1 saturated heterocycles. The summed E-state index contributed by atoms with van der Waals surface area (Å²) >= 11 is 3.20. The van der Waals surface area contributed by atoms with Crippen molar-refractivity contribution in [2.75, 3.05) is 23.8 Å². The van der Waals surface area contributed by atoms with Crippen molar-refractivity contribution >= 4 is 39.8 Å². The summed E-state index contributed by atoms with van der Waals surface area (Å²) in [6, 6.07) is 17.1. The SMILES string of the molecule is O=C(Nc1ccccc1)c1ccc(CSc2nnc(NC[C@@H]3CCCO3)s2)cc1. The van der Waals surface area contributed by atoms with Crippen LogP contribution in [0.4, 0.5) is 10.8 Å². The molecule has 0 bridgehead atoms. The van der Waals surface area contributed by atoms with Crippen LogP contribution in [-0.4, -0.2) is 35.4 Å². The van der Waals surface area contributed by atoms with Gasteiger partial charge in [-0.1, -0.05) is 53.4 Å². The van der Waals surface area contributed by atoms with Crippen LogP contribution in [0, 0.1) is 0 Å². The summed E-state index contributed by atoms with van der Waals surface area (Å²) in [6.45, 7) is 1.64. The first-order valence-electron chi connectivity index (χ1n) is 9.53. The molecule has 1 aromatic heterocycles. The van der Waals surface area contributed by atoms with Gasteiger partial charge in [-0.3, -0.25) is 4.79 Å². The Labute approximate surface area is 178 Å². The highest BCUT2D eigenvalue weighted by Crippen LogP contribution is 2.28. The van der Waals surface area contributed by atoms with E-state index in [2.05, 4.69) is 20.8 Å². The third kappa shape index (κ3) is 5.79. The molecule has 1 fully saturated rings. The van der Waals surface area contributed by atoms with E-state index in [9.17, 15) is 4.79 Å². The van der Waals surface area contributed by atoms with E-state index in [0.29, 0.717) is 5.56 Å². The molecule has 4 rings (SSSR count). The van der Waals surface area contributed by atoms with Crippen molar-refractivity contribution in [1.82, 2.24) is 10.2 Å². The highest BCUT2D eigenvalue weighted by molar-refractivity contribution is 8.00. The number of nitrogens with one attached hydrogen (secondary N) is 2.